The number of hydrogen-bond donors (Lipinski definition) is 0. The molecule has 3 atom stereocenters. The van der Waals surface area contributed by atoms with Gasteiger partial charge < -0.3 is 18.9 Å². The topological polar surface area (TPSA) is 54.0 Å². The predicted octanol–water partition coefficient (Wildman–Crippen LogP) is 4.06. The van der Waals surface area contributed by atoms with Crippen molar-refractivity contribution < 1.29 is 23.7 Å². The minimum Gasteiger partial charge on any atom is -0.493 e. The van der Waals surface area contributed by atoms with E-state index in [4.69, 9.17) is 18.9 Å². The number of rotatable bonds is 8. The van der Waals surface area contributed by atoms with E-state index < -0.39 is 5.60 Å². The molecule has 0 radical (unpaired) electrons. The van der Waals surface area contributed by atoms with E-state index in [2.05, 4.69) is 19.6 Å². The lowest BCUT2D eigenvalue weighted by molar-refractivity contribution is -0.123. The molecule has 0 N–H and O–H groups in total. The molecule has 1 aliphatic heterocycles. The summed E-state index contributed by atoms with van der Waals surface area (Å²) in [5.41, 5.74) is 0.588. The number of fused-ring (bicyclic) bond motifs is 1. The third kappa shape index (κ3) is 3.61. The first kappa shape index (κ1) is 19.5. The van der Waals surface area contributed by atoms with Crippen molar-refractivity contribution in [1.29, 1.82) is 0 Å². The van der Waals surface area contributed by atoms with Gasteiger partial charge in [-0.15, -0.1) is 6.58 Å². The van der Waals surface area contributed by atoms with E-state index in [0.717, 1.165) is 18.4 Å². The summed E-state index contributed by atoms with van der Waals surface area (Å²) in [4.78, 5) is 12.4. The van der Waals surface area contributed by atoms with E-state index in [1.165, 1.54) is 0 Å². The van der Waals surface area contributed by atoms with Gasteiger partial charge in [0.1, 0.15) is 11.4 Å². The summed E-state index contributed by atoms with van der Waals surface area (Å²) in [6.45, 7) is 6.14. The number of benzene rings is 1. The highest BCUT2D eigenvalue weighted by Crippen LogP contribution is 2.47. The van der Waals surface area contributed by atoms with Gasteiger partial charge in [0.15, 0.2) is 24.1 Å². The molecule has 0 amide bonds. The number of carbonyl (C=O) groups is 1. The van der Waals surface area contributed by atoms with Crippen molar-refractivity contribution in [1.82, 2.24) is 0 Å². The lowest BCUT2D eigenvalue weighted by Gasteiger charge is -2.39. The van der Waals surface area contributed by atoms with Crippen LogP contribution in [0, 0.1) is 11.8 Å². The standard InChI is InChI=1S/C22H28O5/c1-5-7-16-13-22(21(12-18(16)23)26-14-27-22)17(6-2)10-15-8-9-19(24-3)20(11-15)25-4/h5,8-9,11-12,16-17H,1,6-7,10,13-14H2,2-4H3/t16-,17?,22+/m0/s1. The zero-order chi connectivity index (χ0) is 19.4. The summed E-state index contributed by atoms with van der Waals surface area (Å²) in [6.07, 6.45) is 6.44. The number of methoxy groups -OCH3 is 2. The van der Waals surface area contributed by atoms with Gasteiger partial charge in [-0.2, -0.15) is 0 Å². The van der Waals surface area contributed by atoms with E-state index in [-0.39, 0.29) is 24.4 Å². The summed E-state index contributed by atoms with van der Waals surface area (Å²) < 4.78 is 22.6. The number of allylic oxidation sites excluding steroid dienone is 2. The Kier molecular flexibility index (Phi) is 5.90. The van der Waals surface area contributed by atoms with Crippen LogP contribution in [0.3, 0.4) is 0 Å². The fourth-order valence-corrected chi connectivity index (χ4v) is 4.25. The molecule has 146 valence electrons. The molecule has 1 saturated heterocycles. The summed E-state index contributed by atoms with van der Waals surface area (Å²) in [5, 5.41) is 0. The largest absolute Gasteiger partial charge is 0.493 e. The maximum atomic E-state index is 12.4. The molecule has 0 spiro atoms. The second-order valence-corrected chi connectivity index (χ2v) is 7.13. The summed E-state index contributed by atoms with van der Waals surface area (Å²) in [6, 6.07) is 5.98. The lowest BCUT2D eigenvalue weighted by atomic mass is 9.70. The van der Waals surface area contributed by atoms with E-state index in [1.807, 2.05) is 12.1 Å². The van der Waals surface area contributed by atoms with Crippen LogP contribution in [0.5, 0.6) is 11.5 Å². The van der Waals surface area contributed by atoms with E-state index >= 15 is 0 Å². The Labute approximate surface area is 160 Å². The van der Waals surface area contributed by atoms with Gasteiger partial charge in [0.2, 0.25) is 0 Å². The van der Waals surface area contributed by atoms with Crippen molar-refractivity contribution in [3.8, 4) is 11.5 Å². The Hall–Kier alpha value is -2.27. The highest BCUT2D eigenvalue weighted by molar-refractivity contribution is 5.93. The molecule has 27 heavy (non-hydrogen) atoms. The molecule has 1 aromatic carbocycles. The van der Waals surface area contributed by atoms with Gasteiger partial charge in [-0.3, -0.25) is 4.79 Å². The van der Waals surface area contributed by atoms with Gasteiger partial charge in [0.05, 0.1) is 14.2 Å². The zero-order valence-electron chi connectivity index (χ0n) is 16.3. The maximum Gasteiger partial charge on any atom is 0.189 e. The average Bonchev–Trinajstić information content (AvgIpc) is 3.09. The molecule has 0 aromatic heterocycles. The van der Waals surface area contributed by atoms with Crippen LogP contribution in [0.1, 0.15) is 31.7 Å². The fraction of sp³-hybridized carbons (Fsp3) is 0.500. The van der Waals surface area contributed by atoms with E-state index in [9.17, 15) is 4.79 Å². The van der Waals surface area contributed by atoms with Gasteiger partial charge in [0, 0.05) is 12.0 Å². The molecule has 1 unspecified atom stereocenters. The SMILES string of the molecule is C=CC[C@H]1C[C@]2(C(CC)Cc3ccc(OC)c(OC)c3)OCOC2=CC1=O. The zero-order valence-corrected chi connectivity index (χ0v) is 16.3. The van der Waals surface area contributed by atoms with Gasteiger partial charge in [-0.05, 0) is 49.3 Å². The maximum absolute atomic E-state index is 12.4. The average molecular weight is 372 g/mol. The molecular weight excluding hydrogens is 344 g/mol. The monoisotopic (exact) mass is 372 g/mol. The van der Waals surface area contributed by atoms with Gasteiger partial charge in [0.25, 0.3) is 0 Å². The van der Waals surface area contributed by atoms with Gasteiger partial charge in [-0.1, -0.05) is 19.1 Å². The molecule has 1 fully saturated rings. The Morgan fingerprint density at radius 1 is 1.33 bits per heavy atom. The van der Waals surface area contributed by atoms with E-state index in [1.54, 1.807) is 26.4 Å². The summed E-state index contributed by atoms with van der Waals surface area (Å²) in [5.74, 6) is 2.29. The number of hydrogen-bond acceptors (Lipinski definition) is 5. The number of carbonyl (C=O) groups excluding carboxylic acids is 1. The molecule has 1 aliphatic carbocycles. The van der Waals surface area contributed by atoms with Crippen LogP contribution >= 0.6 is 0 Å². The molecule has 0 bridgehead atoms. The van der Waals surface area contributed by atoms with Crippen LogP contribution in [-0.2, 0) is 20.7 Å². The van der Waals surface area contributed by atoms with Crippen LogP contribution < -0.4 is 9.47 Å². The molecular formula is C22H28O5. The molecule has 5 heteroatoms. The first-order chi connectivity index (χ1) is 13.1. The van der Waals surface area contributed by atoms with Crippen LogP contribution in [0.15, 0.2) is 42.7 Å². The second kappa shape index (κ2) is 8.17. The van der Waals surface area contributed by atoms with Crippen LogP contribution in [0.4, 0.5) is 0 Å². The Bertz CT molecular complexity index is 738. The number of ether oxygens (including phenoxy) is 4. The highest BCUT2D eigenvalue weighted by Gasteiger charge is 2.52. The molecule has 1 heterocycles. The Morgan fingerprint density at radius 2 is 2.11 bits per heavy atom. The van der Waals surface area contributed by atoms with Gasteiger partial charge >= 0.3 is 0 Å². The third-order valence-electron chi connectivity index (χ3n) is 5.71. The van der Waals surface area contributed by atoms with Crippen molar-refractivity contribution in [3.05, 3.63) is 48.3 Å². The Morgan fingerprint density at radius 3 is 2.78 bits per heavy atom. The first-order valence-electron chi connectivity index (χ1n) is 9.42. The first-order valence-corrected chi connectivity index (χ1v) is 9.42. The molecule has 3 rings (SSSR count). The highest BCUT2D eigenvalue weighted by atomic mass is 16.7. The number of ketones is 1. The quantitative estimate of drug-likeness (QED) is 0.644. The van der Waals surface area contributed by atoms with Crippen molar-refractivity contribution in [2.24, 2.45) is 11.8 Å². The normalized spacial score (nSPS) is 25.2. The summed E-state index contributed by atoms with van der Waals surface area (Å²) >= 11 is 0. The van der Waals surface area contributed by atoms with Crippen LogP contribution in [0.2, 0.25) is 0 Å². The van der Waals surface area contributed by atoms with Gasteiger partial charge in [-0.25, -0.2) is 0 Å². The van der Waals surface area contributed by atoms with Crippen LogP contribution in [-0.4, -0.2) is 32.4 Å². The smallest absolute Gasteiger partial charge is 0.189 e. The van der Waals surface area contributed by atoms with Crippen molar-refractivity contribution in [2.45, 2.75) is 38.2 Å². The van der Waals surface area contributed by atoms with Crippen molar-refractivity contribution in [2.75, 3.05) is 21.0 Å². The van der Waals surface area contributed by atoms with Crippen LogP contribution in [0.25, 0.3) is 0 Å². The molecule has 1 aromatic rings. The van der Waals surface area contributed by atoms with E-state index in [0.29, 0.717) is 30.1 Å². The van der Waals surface area contributed by atoms with Crippen molar-refractivity contribution in [3.63, 3.8) is 0 Å². The minimum atomic E-state index is -0.552. The minimum absolute atomic E-state index is 0.104. The molecule has 5 nitrogen and oxygen atoms in total. The fourth-order valence-electron chi connectivity index (χ4n) is 4.25. The second-order valence-electron chi connectivity index (χ2n) is 7.13. The third-order valence-corrected chi connectivity index (χ3v) is 5.71. The Balaban J connectivity index is 1.90. The molecule has 2 aliphatic rings. The lowest BCUT2D eigenvalue weighted by Crippen LogP contribution is -2.45. The predicted molar refractivity (Wildman–Crippen MR) is 103 cm³/mol. The molecule has 0 saturated carbocycles. The summed E-state index contributed by atoms with van der Waals surface area (Å²) in [7, 11) is 3.27. The van der Waals surface area contributed by atoms with Crippen molar-refractivity contribution >= 4 is 5.78 Å².